The second-order valence-electron chi connectivity index (χ2n) is 10.8. The van der Waals surface area contributed by atoms with Crippen LogP contribution in [0.4, 0.5) is 5.82 Å². The summed E-state index contributed by atoms with van der Waals surface area (Å²) in [5.74, 6) is 1.55. The molecule has 0 spiro atoms. The van der Waals surface area contributed by atoms with E-state index in [1.54, 1.807) is 6.20 Å². The lowest BCUT2D eigenvalue weighted by Crippen LogP contribution is -2.45. The van der Waals surface area contributed by atoms with Crippen molar-refractivity contribution in [1.82, 2.24) is 24.3 Å². The number of rotatable bonds is 6. The summed E-state index contributed by atoms with van der Waals surface area (Å²) in [7, 11) is 0. The maximum absolute atomic E-state index is 13.4. The predicted molar refractivity (Wildman–Crippen MR) is 150 cm³/mol. The van der Waals surface area contributed by atoms with Crippen LogP contribution >= 0.6 is 0 Å². The van der Waals surface area contributed by atoms with E-state index in [0.29, 0.717) is 17.6 Å². The number of hydrogen-bond acceptors (Lipinski definition) is 5. The van der Waals surface area contributed by atoms with Crippen molar-refractivity contribution in [1.29, 1.82) is 0 Å². The Labute approximate surface area is 224 Å². The maximum Gasteiger partial charge on any atom is 0.225 e. The van der Waals surface area contributed by atoms with Crippen LogP contribution in [0.2, 0.25) is 0 Å². The van der Waals surface area contributed by atoms with Gasteiger partial charge < -0.3 is 15.2 Å². The van der Waals surface area contributed by atoms with E-state index >= 15 is 0 Å². The predicted octanol–water partition coefficient (Wildman–Crippen LogP) is 4.68. The zero-order valence-corrected chi connectivity index (χ0v) is 21.9. The standard InChI is InChI=1S/C31H36N6O/c32-30-18-23(7-13-34-30)20-35-14-8-26(9-15-35)31(38)36-16-10-25(11-17-36)28-22-37(21-24-4-3-12-33-19-24)29-6-2-1-5-27(28)29/h1-7,12-13,18-19,22,25-26H,8-11,14-17,20-21H2,(H2,32,34). The third-order valence-electron chi connectivity index (χ3n) is 8.33. The normalized spacial score (nSPS) is 17.7. The Hall–Kier alpha value is -3.71. The number of anilines is 1. The number of carbonyl (C=O) groups is 1. The number of aromatic nitrogens is 3. The summed E-state index contributed by atoms with van der Waals surface area (Å²) in [5.41, 5.74) is 10.9. The van der Waals surface area contributed by atoms with Crippen LogP contribution in [0.25, 0.3) is 10.9 Å². The number of pyridine rings is 2. The third-order valence-corrected chi connectivity index (χ3v) is 8.33. The Kier molecular flexibility index (Phi) is 7.10. The van der Waals surface area contributed by atoms with Gasteiger partial charge in [0.05, 0.1) is 0 Å². The SMILES string of the molecule is Nc1cc(CN2CCC(C(=O)N3CCC(c4cn(Cc5cccnc5)c5ccccc45)CC3)CC2)ccn1. The van der Waals surface area contributed by atoms with Crippen LogP contribution in [-0.4, -0.2) is 56.4 Å². The van der Waals surface area contributed by atoms with Gasteiger partial charge in [0.2, 0.25) is 5.91 Å². The van der Waals surface area contributed by atoms with Gasteiger partial charge >= 0.3 is 0 Å². The molecule has 2 N–H and O–H groups in total. The number of nitrogens with zero attached hydrogens (tertiary/aromatic N) is 5. The quantitative estimate of drug-likeness (QED) is 0.409. The van der Waals surface area contributed by atoms with Crippen LogP contribution in [0, 0.1) is 5.92 Å². The lowest BCUT2D eigenvalue weighted by molar-refractivity contribution is -0.138. The number of nitrogen functional groups attached to an aromatic ring is 1. The Morgan fingerprint density at radius 3 is 2.47 bits per heavy atom. The molecule has 1 amide bonds. The molecule has 38 heavy (non-hydrogen) atoms. The highest BCUT2D eigenvalue weighted by Gasteiger charge is 2.32. The number of benzene rings is 1. The van der Waals surface area contributed by atoms with Crippen LogP contribution in [0.3, 0.4) is 0 Å². The molecule has 7 heteroatoms. The van der Waals surface area contributed by atoms with Gasteiger partial charge in [-0.2, -0.15) is 0 Å². The summed E-state index contributed by atoms with van der Waals surface area (Å²) < 4.78 is 2.35. The Morgan fingerprint density at radius 2 is 1.71 bits per heavy atom. The highest BCUT2D eigenvalue weighted by molar-refractivity contribution is 5.85. The molecule has 0 aliphatic carbocycles. The number of likely N-dealkylation sites (tertiary alicyclic amines) is 2. The average Bonchev–Trinajstić information content (AvgIpc) is 3.32. The molecule has 2 saturated heterocycles. The number of amides is 1. The highest BCUT2D eigenvalue weighted by Crippen LogP contribution is 2.35. The van der Waals surface area contributed by atoms with E-state index in [1.165, 1.54) is 27.6 Å². The molecule has 0 saturated carbocycles. The summed E-state index contributed by atoms with van der Waals surface area (Å²) >= 11 is 0. The molecule has 0 radical (unpaired) electrons. The minimum atomic E-state index is 0.145. The largest absolute Gasteiger partial charge is 0.384 e. The van der Waals surface area contributed by atoms with Crippen molar-refractivity contribution in [3.05, 3.63) is 90.0 Å². The molecule has 2 aliphatic heterocycles. The first-order chi connectivity index (χ1) is 18.6. The summed E-state index contributed by atoms with van der Waals surface area (Å²) in [6.45, 7) is 5.29. The van der Waals surface area contributed by atoms with Gasteiger partial charge in [-0.05, 0) is 85.6 Å². The molecule has 0 bridgehead atoms. The van der Waals surface area contributed by atoms with Crippen LogP contribution in [0.1, 0.15) is 48.3 Å². The van der Waals surface area contributed by atoms with Gasteiger partial charge in [0.25, 0.3) is 0 Å². The third kappa shape index (κ3) is 5.29. The maximum atomic E-state index is 13.4. The fourth-order valence-corrected chi connectivity index (χ4v) is 6.28. The van der Waals surface area contributed by atoms with Crippen LogP contribution in [0.15, 0.2) is 73.3 Å². The van der Waals surface area contributed by atoms with E-state index in [-0.39, 0.29) is 5.92 Å². The molecule has 7 nitrogen and oxygen atoms in total. The fraction of sp³-hybridized carbons (Fsp3) is 0.387. The van der Waals surface area contributed by atoms with Crippen molar-refractivity contribution in [2.45, 2.75) is 44.7 Å². The zero-order valence-electron chi connectivity index (χ0n) is 21.9. The van der Waals surface area contributed by atoms with Crippen LogP contribution in [0.5, 0.6) is 0 Å². The first kappa shape index (κ1) is 24.6. The number of hydrogen-bond donors (Lipinski definition) is 1. The first-order valence-electron chi connectivity index (χ1n) is 13.8. The van der Waals surface area contributed by atoms with Crippen LogP contribution < -0.4 is 5.73 Å². The molecule has 2 fully saturated rings. The first-order valence-corrected chi connectivity index (χ1v) is 13.8. The van der Waals surface area contributed by atoms with Gasteiger partial charge in [-0.25, -0.2) is 4.98 Å². The molecular formula is C31H36N6O. The number of piperidine rings is 2. The second kappa shape index (κ2) is 11.0. The number of carbonyl (C=O) groups excluding carboxylic acids is 1. The Balaban J connectivity index is 1.06. The molecule has 6 rings (SSSR count). The van der Waals surface area contributed by atoms with Crippen LogP contribution in [-0.2, 0) is 17.9 Å². The van der Waals surface area contributed by atoms with E-state index in [1.807, 2.05) is 30.6 Å². The van der Waals surface area contributed by atoms with E-state index in [2.05, 4.69) is 60.9 Å². The topological polar surface area (TPSA) is 80.3 Å². The molecule has 4 aromatic rings. The van der Waals surface area contributed by atoms with E-state index in [9.17, 15) is 4.79 Å². The minimum absolute atomic E-state index is 0.145. The summed E-state index contributed by atoms with van der Waals surface area (Å²) in [6.07, 6.45) is 11.8. The molecule has 3 aromatic heterocycles. The van der Waals surface area contributed by atoms with Gasteiger partial charge in [0.15, 0.2) is 0 Å². The van der Waals surface area contributed by atoms with Gasteiger partial charge in [-0.3, -0.25) is 14.7 Å². The summed E-state index contributed by atoms with van der Waals surface area (Å²) in [5, 5.41) is 1.34. The van der Waals surface area contributed by atoms with Crippen molar-refractivity contribution in [3.63, 3.8) is 0 Å². The molecule has 5 heterocycles. The smallest absolute Gasteiger partial charge is 0.225 e. The number of para-hydroxylation sites is 1. The summed E-state index contributed by atoms with van der Waals surface area (Å²) in [4.78, 5) is 26.3. The van der Waals surface area contributed by atoms with Crippen molar-refractivity contribution >= 4 is 22.6 Å². The van der Waals surface area contributed by atoms with Gasteiger partial charge in [-0.15, -0.1) is 0 Å². The van der Waals surface area contributed by atoms with Crippen molar-refractivity contribution in [2.75, 3.05) is 31.9 Å². The number of fused-ring (bicyclic) bond motifs is 1. The average molecular weight is 509 g/mol. The van der Waals surface area contributed by atoms with E-state index in [4.69, 9.17) is 5.73 Å². The molecule has 2 aliphatic rings. The molecule has 0 atom stereocenters. The van der Waals surface area contributed by atoms with Gasteiger partial charge in [0, 0.05) is 67.8 Å². The monoisotopic (exact) mass is 508 g/mol. The van der Waals surface area contributed by atoms with Crippen molar-refractivity contribution in [2.24, 2.45) is 5.92 Å². The zero-order chi connectivity index (χ0) is 25.9. The lowest BCUT2D eigenvalue weighted by atomic mass is 9.88. The van der Waals surface area contributed by atoms with Gasteiger partial charge in [-0.1, -0.05) is 24.3 Å². The van der Waals surface area contributed by atoms with Crippen molar-refractivity contribution < 1.29 is 4.79 Å². The van der Waals surface area contributed by atoms with Gasteiger partial charge in [0.1, 0.15) is 5.82 Å². The molecule has 1 aromatic carbocycles. The van der Waals surface area contributed by atoms with E-state index in [0.717, 1.165) is 65.0 Å². The minimum Gasteiger partial charge on any atom is -0.384 e. The second-order valence-corrected chi connectivity index (χ2v) is 10.8. The highest BCUT2D eigenvalue weighted by atomic mass is 16.2. The molecule has 196 valence electrons. The summed E-state index contributed by atoms with van der Waals surface area (Å²) in [6, 6.07) is 16.8. The van der Waals surface area contributed by atoms with Crippen molar-refractivity contribution in [3.8, 4) is 0 Å². The fourth-order valence-electron chi connectivity index (χ4n) is 6.28. The van der Waals surface area contributed by atoms with E-state index < -0.39 is 0 Å². The lowest BCUT2D eigenvalue weighted by Gasteiger charge is -2.37. The Bertz CT molecular complexity index is 1380. The molecular weight excluding hydrogens is 472 g/mol. The molecule has 0 unspecified atom stereocenters. The number of nitrogens with two attached hydrogens (primary N) is 1. The Morgan fingerprint density at radius 1 is 0.895 bits per heavy atom.